The van der Waals surface area contributed by atoms with Gasteiger partial charge in [0.2, 0.25) is 0 Å². The van der Waals surface area contributed by atoms with Gasteiger partial charge in [0, 0.05) is 11.1 Å². The van der Waals surface area contributed by atoms with E-state index in [1.165, 1.54) is 0 Å². The normalized spacial score (nSPS) is 13.6. The molecule has 2 heteroatoms. The van der Waals surface area contributed by atoms with Crippen LogP contribution in [0.1, 0.15) is 27.1 Å². The number of carbonyl (C=O) groups is 2. The molecule has 2 aromatic rings. The molecule has 0 unspecified atom stereocenters. The standard InChI is InChI=1S/C21H18O2/c22-20(17-11-3-1-4-12-17)19(15-16-9-7-8-10-16)21(23)18-13-5-2-6-14-18/h1-14,16,19H,15H2. The third kappa shape index (κ3) is 3.54. The van der Waals surface area contributed by atoms with Crippen LogP contribution in [0.25, 0.3) is 0 Å². The summed E-state index contributed by atoms with van der Waals surface area (Å²) in [5, 5.41) is 0. The molecule has 0 spiro atoms. The molecular weight excluding hydrogens is 284 g/mol. The molecule has 0 heterocycles. The minimum Gasteiger partial charge on any atom is -0.293 e. The second-order valence-corrected chi connectivity index (χ2v) is 5.68. The van der Waals surface area contributed by atoms with Gasteiger partial charge in [0.1, 0.15) is 0 Å². The largest absolute Gasteiger partial charge is 0.293 e. The Morgan fingerprint density at radius 1 is 0.739 bits per heavy atom. The Hall–Kier alpha value is -2.74. The van der Waals surface area contributed by atoms with Crippen LogP contribution >= 0.6 is 0 Å². The van der Waals surface area contributed by atoms with E-state index in [0.717, 1.165) is 0 Å². The van der Waals surface area contributed by atoms with Crippen LogP contribution in [-0.2, 0) is 0 Å². The average Bonchev–Trinajstić information content (AvgIpc) is 3.13. The van der Waals surface area contributed by atoms with Gasteiger partial charge in [0.15, 0.2) is 11.6 Å². The molecule has 114 valence electrons. The Morgan fingerprint density at radius 3 is 1.61 bits per heavy atom. The predicted octanol–water partition coefficient (Wildman–Crippen LogP) is 4.50. The number of carbonyl (C=O) groups excluding carboxylic acids is 2. The Balaban J connectivity index is 1.90. The number of allylic oxidation sites excluding steroid dienone is 4. The number of Topliss-reactive ketones (excluding diaryl/α,β-unsaturated/α-hetero) is 2. The van der Waals surface area contributed by atoms with Gasteiger partial charge in [-0.15, -0.1) is 0 Å². The maximum atomic E-state index is 12.9. The maximum absolute atomic E-state index is 12.9. The fourth-order valence-corrected chi connectivity index (χ4v) is 2.85. The van der Waals surface area contributed by atoms with Crippen molar-refractivity contribution in [1.29, 1.82) is 0 Å². The van der Waals surface area contributed by atoms with Crippen LogP contribution in [0.4, 0.5) is 0 Å². The van der Waals surface area contributed by atoms with Crippen LogP contribution in [0.2, 0.25) is 0 Å². The van der Waals surface area contributed by atoms with Gasteiger partial charge in [-0.3, -0.25) is 9.59 Å². The highest BCUT2D eigenvalue weighted by atomic mass is 16.2. The van der Waals surface area contributed by atoms with Gasteiger partial charge in [0.25, 0.3) is 0 Å². The molecule has 0 radical (unpaired) electrons. The fraction of sp³-hybridized carbons (Fsp3) is 0.143. The summed E-state index contributed by atoms with van der Waals surface area (Å²) in [4.78, 5) is 25.8. The molecular formula is C21H18O2. The molecule has 0 aromatic heterocycles. The van der Waals surface area contributed by atoms with Crippen molar-refractivity contribution in [2.45, 2.75) is 6.42 Å². The zero-order valence-electron chi connectivity index (χ0n) is 12.8. The Morgan fingerprint density at radius 2 is 1.17 bits per heavy atom. The zero-order chi connectivity index (χ0) is 16.1. The lowest BCUT2D eigenvalue weighted by Crippen LogP contribution is -2.26. The van der Waals surface area contributed by atoms with Crippen molar-refractivity contribution in [2.75, 3.05) is 0 Å². The molecule has 0 fully saturated rings. The lowest BCUT2D eigenvalue weighted by molar-refractivity contribution is 0.0794. The molecule has 23 heavy (non-hydrogen) atoms. The van der Waals surface area contributed by atoms with Crippen LogP contribution in [0, 0.1) is 11.8 Å². The van der Waals surface area contributed by atoms with Crippen molar-refractivity contribution in [2.24, 2.45) is 11.8 Å². The molecule has 0 N–H and O–H groups in total. The van der Waals surface area contributed by atoms with Crippen LogP contribution in [0.15, 0.2) is 85.0 Å². The summed E-state index contributed by atoms with van der Waals surface area (Å²) in [5.74, 6) is -0.723. The molecule has 0 saturated carbocycles. The Bertz CT molecular complexity index is 678. The second-order valence-electron chi connectivity index (χ2n) is 5.68. The van der Waals surface area contributed by atoms with Crippen LogP contribution in [0.3, 0.4) is 0 Å². The summed E-state index contributed by atoms with van der Waals surface area (Å²) >= 11 is 0. The fourth-order valence-electron chi connectivity index (χ4n) is 2.85. The van der Waals surface area contributed by atoms with E-state index in [1.807, 2.05) is 60.7 Å². The first kappa shape index (κ1) is 15.2. The predicted molar refractivity (Wildman–Crippen MR) is 91.4 cm³/mol. The number of hydrogen-bond acceptors (Lipinski definition) is 2. The second kappa shape index (κ2) is 7.01. The van der Waals surface area contributed by atoms with Crippen molar-refractivity contribution in [3.63, 3.8) is 0 Å². The minimum atomic E-state index is -0.655. The van der Waals surface area contributed by atoms with Crippen molar-refractivity contribution in [3.8, 4) is 0 Å². The molecule has 0 amide bonds. The molecule has 0 bridgehead atoms. The maximum Gasteiger partial charge on any atom is 0.173 e. The molecule has 1 aliphatic carbocycles. The van der Waals surface area contributed by atoms with Gasteiger partial charge in [0.05, 0.1) is 5.92 Å². The lowest BCUT2D eigenvalue weighted by atomic mass is 9.83. The highest BCUT2D eigenvalue weighted by Gasteiger charge is 2.30. The van der Waals surface area contributed by atoms with E-state index < -0.39 is 5.92 Å². The van der Waals surface area contributed by atoms with E-state index in [4.69, 9.17) is 0 Å². The van der Waals surface area contributed by atoms with Gasteiger partial charge in [-0.25, -0.2) is 0 Å². The van der Waals surface area contributed by atoms with Crippen molar-refractivity contribution in [3.05, 3.63) is 96.1 Å². The lowest BCUT2D eigenvalue weighted by Gasteiger charge is -2.17. The first-order valence-corrected chi connectivity index (χ1v) is 7.79. The molecule has 2 nitrogen and oxygen atoms in total. The summed E-state index contributed by atoms with van der Waals surface area (Å²) < 4.78 is 0. The topological polar surface area (TPSA) is 34.1 Å². The number of rotatable bonds is 6. The quantitative estimate of drug-likeness (QED) is 0.581. The van der Waals surface area contributed by atoms with Gasteiger partial charge < -0.3 is 0 Å². The van der Waals surface area contributed by atoms with Gasteiger partial charge >= 0.3 is 0 Å². The van der Waals surface area contributed by atoms with Crippen molar-refractivity contribution >= 4 is 11.6 Å². The van der Waals surface area contributed by atoms with Gasteiger partial charge in [-0.1, -0.05) is 85.0 Å². The van der Waals surface area contributed by atoms with E-state index in [0.29, 0.717) is 17.5 Å². The van der Waals surface area contributed by atoms with E-state index in [-0.39, 0.29) is 17.5 Å². The molecule has 3 rings (SSSR count). The number of ketones is 2. The third-order valence-corrected chi connectivity index (χ3v) is 4.09. The first-order chi connectivity index (χ1) is 11.3. The summed E-state index contributed by atoms with van der Waals surface area (Å²) in [6.07, 6.45) is 8.49. The summed E-state index contributed by atoms with van der Waals surface area (Å²) in [6, 6.07) is 18.1. The van der Waals surface area contributed by atoms with E-state index >= 15 is 0 Å². The number of hydrogen-bond donors (Lipinski definition) is 0. The van der Waals surface area contributed by atoms with Crippen LogP contribution in [-0.4, -0.2) is 11.6 Å². The smallest absolute Gasteiger partial charge is 0.173 e. The highest BCUT2D eigenvalue weighted by Crippen LogP contribution is 2.25. The summed E-state index contributed by atoms with van der Waals surface area (Å²) in [5.41, 5.74) is 1.18. The molecule has 0 saturated heterocycles. The third-order valence-electron chi connectivity index (χ3n) is 4.09. The average molecular weight is 302 g/mol. The van der Waals surface area contributed by atoms with Crippen LogP contribution < -0.4 is 0 Å². The SMILES string of the molecule is O=C(c1ccccc1)C(CC1C=CC=C1)C(=O)c1ccccc1. The first-order valence-electron chi connectivity index (χ1n) is 7.79. The van der Waals surface area contributed by atoms with E-state index in [1.54, 1.807) is 24.3 Å². The Labute approximate surface area is 136 Å². The molecule has 2 aromatic carbocycles. The molecule has 1 aliphatic rings. The minimum absolute atomic E-state index is 0.104. The van der Waals surface area contributed by atoms with Crippen molar-refractivity contribution < 1.29 is 9.59 Å². The highest BCUT2D eigenvalue weighted by molar-refractivity contribution is 6.16. The summed E-state index contributed by atoms with van der Waals surface area (Å²) in [6.45, 7) is 0. The number of benzene rings is 2. The Kier molecular flexibility index (Phi) is 4.62. The van der Waals surface area contributed by atoms with E-state index in [2.05, 4.69) is 0 Å². The molecule has 0 atom stereocenters. The molecule has 0 aliphatic heterocycles. The van der Waals surface area contributed by atoms with Crippen LogP contribution in [0.5, 0.6) is 0 Å². The zero-order valence-corrected chi connectivity index (χ0v) is 12.8. The monoisotopic (exact) mass is 302 g/mol. The van der Waals surface area contributed by atoms with Crippen molar-refractivity contribution in [1.82, 2.24) is 0 Å². The van der Waals surface area contributed by atoms with E-state index in [9.17, 15) is 9.59 Å². The summed E-state index contributed by atoms with van der Waals surface area (Å²) in [7, 11) is 0. The van der Waals surface area contributed by atoms with Gasteiger partial charge in [-0.2, -0.15) is 0 Å². The van der Waals surface area contributed by atoms with Gasteiger partial charge in [-0.05, 0) is 12.3 Å².